The molecule has 1 unspecified atom stereocenters. The lowest BCUT2D eigenvalue weighted by molar-refractivity contribution is 0.0151. The standard InChI is InChI=1S/C26H38ClN5O2.C5H5Cl/c1-8-9-14-23(21-12-10-11-13-22(21)27)29-30(7)24(19-20(2)28-6)31-15-17-32(18-16-31)25(33)34-26(3,4)5;1-3-5(6)4-2/h8-13,19H,14-18H2,1-7H3;1,4-5H,2H2/b9-8+,24-19+,28-20?,29-23+;. The molecule has 0 spiro atoms. The van der Waals surface area contributed by atoms with Crippen molar-refractivity contribution in [3.05, 3.63) is 71.6 Å². The van der Waals surface area contributed by atoms with E-state index in [4.69, 9.17) is 39.5 Å². The van der Waals surface area contributed by atoms with Crippen LogP contribution in [0.5, 0.6) is 0 Å². The van der Waals surface area contributed by atoms with Gasteiger partial charge >= 0.3 is 6.09 Å². The molecule has 9 heteroatoms. The van der Waals surface area contributed by atoms with Crippen molar-refractivity contribution >= 4 is 40.7 Å². The van der Waals surface area contributed by atoms with E-state index < -0.39 is 5.60 Å². The number of aliphatic imine (C=N–C) groups is 1. The molecule has 1 aromatic carbocycles. The zero-order valence-electron chi connectivity index (χ0n) is 24.8. The highest BCUT2D eigenvalue weighted by molar-refractivity contribution is 6.34. The SMILES string of the molecule is C#CC(Cl)C=C.C/C=C/C/C(=N\N(C)/C(=C\C(C)=NC)N1CCN(C(=O)OC(C)(C)C)CC1)c1ccccc1Cl. The van der Waals surface area contributed by atoms with E-state index >= 15 is 0 Å². The predicted molar refractivity (Wildman–Crippen MR) is 170 cm³/mol. The molecule has 1 aromatic rings. The van der Waals surface area contributed by atoms with E-state index in [9.17, 15) is 4.79 Å². The number of hydrogen-bond acceptors (Lipinski definition) is 6. The van der Waals surface area contributed by atoms with Gasteiger partial charge in [-0.25, -0.2) is 4.79 Å². The third kappa shape index (κ3) is 12.3. The molecule has 1 saturated heterocycles. The lowest BCUT2D eigenvalue weighted by atomic mass is 10.1. The Morgan fingerprint density at radius 1 is 1.25 bits per heavy atom. The Morgan fingerprint density at radius 2 is 1.85 bits per heavy atom. The monoisotopic (exact) mass is 587 g/mol. The van der Waals surface area contributed by atoms with Crippen LogP contribution in [0.2, 0.25) is 5.02 Å². The molecule has 1 fully saturated rings. The van der Waals surface area contributed by atoms with Crippen LogP contribution in [0.25, 0.3) is 0 Å². The molecule has 1 amide bonds. The van der Waals surface area contributed by atoms with Crippen molar-refractivity contribution < 1.29 is 9.53 Å². The molecule has 1 heterocycles. The zero-order valence-corrected chi connectivity index (χ0v) is 26.3. The number of ether oxygens (including phenoxy) is 1. The average Bonchev–Trinajstić information content (AvgIpc) is 2.93. The van der Waals surface area contributed by atoms with Gasteiger partial charge in [0.2, 0.25) is 0 Å². The molecule has 0 bridgehead atoms. The summed E-state index contributed by atoms with van der Waals surface area (Å²) in [5.74, 6) is 3.18. The number of benzene rings is 1. The summed E-state index contributed by atoms with van der Waals surface area (Å²) in [5.41, 5.74) is 2.16. The van der Waals surface area contributed by atoms with Gasteiger partial charge < -0.3 is 14.5 Å². The Balaban J connectivity index is 0.00000120. The number of rotatable bonds is 8. The van der Waals surface area contributed by atoms with Crippen LogP contribution >= 0.6 is 23.2 Å². The summed E-state index contributed by atoms with van der Waals surface area (Å²) in [5, 5.41) is 7.20. The molecule has 1 aliphatic heterocycles. The van der Waals surface area contributed by atoms with Crippen molar-refractivity contribution in [2.24, 2.45) is 10.1 Å². The normalized spacial score (nSPS) is 15.7. The van der Waals surface area contributed by atoms with E-state index in [1.807, 2.05) is 83.1 Å². The third-order valence-corrected chi connectivity index (χ3v) is 6.28. The van der Waals surface area contributed by atoms with Gasteiger partial charge in [0.25, 0.3) is 0 Å². The molecule has 0 aromatic heterocycles. The van der Waals surface area contributed by atoms with Gasteiger partial charge in [-0.05, 0) is 40.7 Å². The van der Waals surface area contributed by atoms with Crippen molar-refractivity contribution in [1.29, 1.82) is 0 Å². The quantitative estimate of drug-likeness (QED) is 0.110. The molecule has 0 N–H and O–H groups in total. The maximum Gasteiger partial charge on any atom is 0.410 e. The summed E-state index contributed by atoms with van der Waals surface area (Å²) in [4.78, 5) is 20.8. The summed E-state index contributed by atoms with van der Waals surface area (Å²) in [6.07, 6.45) is 12.8. The number of hydrogen-bond donors (Lipinski definition) is 0. The van der Waals surface area contributed by atoms with Crippen molar-refractivity contribution in [3.63, 3.8) is 0 Å². The second-order valence-corrected chi connectivity index (χ2v) is 10.8. The van der Waals surface area contributed by atoms with Gasteiger partial charge in [0.1, 0.15) is 16.8 Å². The van der Waals surface area contributed by atoms with Crippen molar-refractivity contribution in [3.8, 4) is 12.3 Å². The number of alkyl halides is 1. The molecule has 0 radical (unpaired) electrons. The highest BCUT2D eigenvalue weighted by atomic mass is 35.5. The minimum atomic E-state index is -0.509. The van der Waals surface area contributed by atoms with Crippen LogP contribution in [0.15, 0.2) is 71.1 Å². The molecule has 2 rings (SSSR count). The van der Waals surface area contributed by atoms with Gasteiger partial charge in [0.15, 0.2) is 0 Å². The van der Waals surface area contributed by atoms with Gasteiger partial charge in [-0.3, -0.25) is 10.0 Å². The maximum absolute atomic E-state index is 12.5. The molecule has 7 nitrogen and oxygen atoms in total. The van der Waals surface area contributed by atoms with Crippen molar-refractivity contribution in [2.45, 2.75) is 52.0 Å². The van der Waals surface area contributed by atoms with Crippen LogP contribution < -0.4 is 0 Å². The van der Waals surface area contributed by atoms with Gasteiger partial charge in [-0.15, -0.1) is 24.6 Å². The van der Waals surface area contributed by atoms with Crippen LogP contribution in [-0.4, -0.2) is 83.6 Å². The number of piperazine rings is 1. The molecule has 1 atom stereocenters. The fraction of sp³-hybridized carbons (Fsp3) is 0.452. The van der Waals surface area contributed by atoms with Gasteiger partial charge in [-0.2, -0.15) is 5.10 Å². The Kier molecular flexibility index (Phi) is 15.2. The Bertz CT molecular complexity index is 1140. The first-order valence-electron chi connectivity index (χ1n) is 13.1. The third-order valence-electron chi connectivity index (χ3n) is 5.65. The van der Waals surface area contributed by atoms with Gasteiger partial charge in [0, 0.05) is 69.1 Å². The molecule has 40 heavy (non-hydrogen) atoms. The first-order valence-corrected chi connectivity index (χ1v) is 14.0. The Labute approximate surface area is 250 Å². The first-order chi connectivity index (χ1) is 18.9. The molecule has 218 valence electrons. The van der Waals surface area contributed by atoms with Crippen molar-refractivity contribution in [2.75, 3.05) is 40.3 Å². The van der Waals surface area contributed by atoms with Crippen molar-refractivity contribution in [1.82, 2.24) is 14.8 Å². The average molecular weight is 589 g/mol. The van der Waals surface area contributed by atoms with E-state index in [-0.39, 0.29) is 11.5 Å². The number of allylic oxidation sites excluding steroid dienone is 4. The van der Waals surface area contributed by atoms with E-state index in [0.717, 1.165) is 22.8 Å². The Hall–Kier alpha value is -3.21. The fourth-order valence-electron chi connectivity index (χ4n) is 3.52. The minimum absolute atomic E-state index is 0.275. The number of carbonyl (C=O) groups excluding carboxylic acids is 1. The number of terminal acetylenes is 1. The molecular weight excluding hydrogens is 545 g/mol. The maximum atomic E-state index is 12.5. The summed E-state index contributed by atoms with van der Waals surface area (Å²) < 4.78 is 5.54. The number of nitrogens with zero attached hydrogens (tertiary/aromatic N) is 5. The summed E-state index contributed by atoms with van der Waals surface area (Å²) in [7, 11) is 3.70. The van der Waals surface area contributed by atoms with Crippen LogP contribution in [0.4, 0.5) is 4.79 Å². The molecule has 0 aliphatic carbocycles. The summed E-state index contributed by atoms with van der Waals surface area (Å²) in [6.45, 7) is 15.4. The lowest BCUT2D eigenvalue weighted by Gasteiger charge is -2.39. The van der Waals surface area contributed by atoms with Crippen LogP contribution in [0, 0.1) is 12.3 Å². The molecule has 0 saturated carbocycles. The van der Waals surface area contributed by atoms with E-state index in [1.54, 1.807) is 11.9 Å². The van der Waals surface area contributed by atoms with E-state index in [2.05, 4.69) is 28.5 Å². The lowest BCUT2D eigenvalue weighted by Crippen LogP contribution is -2.51. The minimum Gasteiger partial charge on any atom is -0.444 e. The molecule has 1 aliphatic rings. The van der Waals surface area contributed by atoms with Gasteiger partial charge in [0.05, 0.1) is 5.71 Å². The van der Waals surface area contributed by atoms with Crippen LogP contribution in [-0.2, 0) is 4.74 Å². The zero-order chi connectivity index (χ0) is 30.3. The van der Waals surface area contributed by atoms with Crippen LogP contribution in [0.1, 0.15) is 46.6 Å². The van der Waals surface area contributed by atoms with Gasteiger partial charge in [-0.1, -0.05) is 53.9 Å². The highest BCUT2D eigenvalue weighted by Crippen LogP contribution is 2.21. The summed E-state index contributed by atoms with van der Waals surface area (Å²) in [6, 6.07) is 7.75. The van der Waals surface area contributed by atoms with E-state index in [0.29, 0.717) is 37.6 Å². The smallest absolute Gasteiger partial charge is 0.410 e. The number of amides is 1. The fourth-order valence-corrected chi connectivity index (χ4v) is 3.76. The predicted octanol–water partition coefficient (Wildman–Crippen LogP) is 6.84. The first kappa shape index (κ1) is 34.8. The number of hydrazone groups is 1. The Morgan fingerprint density at radius 3 is 2.33 bits per heavy atom. The molecular formula is C31H43Cl2N5O2. The highest BCUT2D eigenvalue weighted by Gasteiger charge is 2.27. The topological polar surface area (TPSA) is 60.7 Å². The van der Waals surface area contributed by atoms with E-state index in [1.165, 1.54) is 6.08 Å². The number of carbonyl (C=O) groups is 1. The summed E-state index contributed by atoms with van der Waals surface area (Å²) >= 11 is 11.8. The van der Waals surface area contributed by atoms with Crippen LogP contribution in [0.3, 0.4) is 0 Å². The number of halogens is 2. The second-order valence-electron chi connectivity index (χ2n) is 9.95. The largest absolute Gasteiger partial charge is 0.444 e. The second kappa shape index (κ2) is 17.5.